The molecule has 0 spiro atoms. The van der Waals surface area contributed by atoms with Crippen LogP contribution in [0.2, 0.25) is 0 Å². The van der Waals surface area contributed by atoms with Crippen LogP contribution in [-0.2, 0) is 0 Å². The normalized spacial score (nSPS) is 20.8. The van der Waals surface area contributed by atoms with Crippen molar-refractivity contribution in [2.24, 2.45) is 0 Å². The Labute approximate surface area is 596 Å². The summed E-state index contributed by atoms with van der Waals surface area (Å²) >= 11 is 0. The number of nitrogens with zero attached hydrogens (tertiary/aromatic N) is 12. The standard InChI is InChI=1S/C26H29N5O4.C26H31N5O4.C24H27N5O4/c1-2-35-24-15-20-18(16-30(29-20)19-8-10-26(33,11-9-19)12-13-27)14-21(24)28-25(32)23-5-3-4-22(31(23)34)17-6-7-17;1-4-35-24-15-20-18(16-30(29-20)19-8-10-26(33,11-9-19)12-13-27)14-21(24)28-25(32)23-7-5-6-22(17(2)3)31(23)34;1-3-33-22-14-19-17(13-20(22)26-23(30)21-6-4-5-16(2)29(21)32)15-28(27-19)18-7-9-24(31,10-8-18)11-12-25/h3-5,14-17,19,33H,2,6-12H2,1H3,(H,28,32);5-7,14-17,19,33H,4,8-12H2,1-3H3,(H,28,32);4-6,13-15,18,31H,3,7-11H2,1-2H3,(H,26,30). The van der Waals surface area contributed by atoms with Crippen LogP contribution in [0.25, 0.3) is 32.7 Å². The Kier molecular flexibility index (Phi) is 22.4. The Morgan fingerprint density at radius 1 is 0.515 bits per heavy atom. The summed E-state index contributed by atoms with van der Waals surface area (Å²) in [6, 6.07) is 32.1. The van der Waals surface area contributed by atoms with Crippen molar-refractivity contribution in [2.75, 3.05) is 35.8 Å². The van der Waals surface area contributed by atoms with Crippen LogP contribution in [0.15, 0.2) is 110 Å². The first-order chi connectivity index (χ1) is 49.5. The molecule has 0 bridgehead atoms. The maximum atomic E-state index is 13.0. The number of pyridine rings is 3. The molecule has 4 fully saturated rings. The molecule has 27 nitrogen and oxygen atoms in total. The van der Waals surface area contributed by atoms with Gasteiger partial charge in [0.15, 0.2) is 17.1 Å². The SMILES string of the molecule is CCOc1cc2nn(C3CCC(O)(CC#N)CC3)cc2cc1NC(=O)c1cccc(C(C)C)[n+]1[O-].CCOc1cc2nn(C3CCC(O)(CC#N)CC3)cc2cc1NC(=O)c1cccc(C)[n+]1[O-].CCOc1cc2nn(C3CCC(O)(CC#N)CC3)cc2cc1NC(=O)c1cccc(C2CC2)[n+]1[O-]. The molecule has 3 amide bonds. The summed E-state index contributed by atoms with van der Waals surface area (Å²) in [7, 11) is 0. The highest BCUT2D eigenvalue weighted by atomic mass is 16.5. The van der Waals surface area contributed by atoms with E-state index in [1.165, 1.54) is 18.2 Å². The highest BCUT2D eigenvalue weighted by molar-refractivity contribution is 6.06. The summed E-state index contributed by atoms with van der Waals surface area (Å²) in [6.45, 7) is 12.2. The monoisotopic (exact) mass is 1400 g/mol. The van der Waals surface area contributed by atoms with Crippen LogP contribution in [0.3, 0.4) is 0 Å². The number of aromatic nitrogens is 9. The molecule has 4 saturated carbocycles. The number of anilines is 3. The number of carbonyl (C=O) groups is 3. The lowest BCUT2D eigenvalue weighted by Crippen LogP contribution is -2.41. The Morgan fingerprint density at radius 3 is 1.17 bits per heavy atom. The van der Waals surface area contributed by atoms with Gasteiger partial charge in [-0.2, -0.15) is 45.3 Å². The number of aryl methyl sites for hydroxylation is 1. The second-order valence-corrected chi connectivity index (χ2v) is 27.6. The van der Waals surface area contributed by atoms with Gasteiger partial charge in [-0.25, -0.2) is 0 Å². The third kappa shape index (κ3) is 16.9. The minimum absolute atomic E-state index is 0.000280. The van der Waals surface area contributed by atoms with Crippen LogP contribution >= 0.6 is 0 Å². The molecule has 9 aromatic rings. The fraction of sp³-hybridized carbons (Fsp3) is 0.447. The molecule has 0 unspecified atom stereocenters. The second kappa shape index (κ2) is 31.5. The average Bonchev–Trinajstić information content (AvgIpc) is 1.67. The molecule has 4 aliphatic rings. The maximum Gasteiger partial charge on any atom is 0.321 e. The predicted molar refractivity (Wildman–Crippen MR) is 382 cm³/mol. The topological polar surface area (TPSA) is 381 Å². The van der Waals surface area contributed by atoms with Gasteiger partial charge in [0.25, 0.3) is 17.1 Å². The molecule has 0 atom stereocenters. The van der Waals surface area contributed by atoms with E-state index in [0.29, 0.717) is 119 Å². The number of hydrogen-bond acceptors (Lipinski definition) is 18. The number of fused-ring (bicyclic) bond motifs is 3. The molecule has 0 radical (unpaired) electrons. The highest BCUT2D eigenvalue weighted by Gasteiger charge is 2.38. The van der Waals surface area contributed by atoms with E-state index >= 15 is 0 Å². The highest BCUT2D eigenvalue weighted by Crippen LogP contribution is 2.43. The zero-order valence-corrected chi connectivity index (χ0v) is 58.8. The third-order valence-corrected chi connectivity index (χ3v) is 19.9. The van der Waals surface area contributed by atoms with Gasteiger partial charge in [0.1, 0.15) is 17.2 Å². The van der Waals surface area contributed by atoms with E-state index in [4.69, 9.17) is 45.3 Å². The molecule has 0 aliphatic heterocycles. The van der Waals surface area contributed by atoms with Crippen molar-refractivity contribution in [3.8, 4) is 35.5 Å². The number of nitriles is 3. The van der Waals surface area contributed by atoms with E-state index in [-0.39, 0.29) is 66.3 Å². The van der Waals surface area contributed by atoms with Gasteiger partial charge in [-0.05, 0) is 147 Å². The number of ether oxygens (including phenoxy) is 3. The van der Waals surface area contributed by atoms with Crippen molar-refractivity contribution in [1.29, 1.82) is 15.8 Å². The van der Waals surface area contributed by atoms with Crippen LogP contribution in [0.1, 0.15) is 222 Å². The molecule has 3 aromatic carbocycles. The van der Waals surface area contributed by atoms with Crippen molar-refractivity contribution in [3.05, 3.63) is 159 Å². The molecule has 6 aromatic heterocycles. The first kappa shape index (κ1) is 73.3. The number of amides is 3. The Balaban J connectivity index is 0.000000155. The fourth-order valence-corrected chi connectivity index (χ4v) is 13.9. The van der Waals surface area contributed by atoms with Crippen molar-refractivity contribution in [3.63, 3.8) is 0 Å². The molecule has 27 heteroatoms. The van der Waals surface area contributed by atoms with Crippen molar-refractivity contribution in [2.45, 2.75) is 197 Å². The van der Waals surface area contributed by atoms with Crippen LogP contribution in [0, 0.1) is 56.5 Å². The van der Waals surface area contributed by atoms with Crippen LogP contribution in [0.4, 0.5) is 17.1 Å². The lowest BCUT2D eigenvalue weighted by molar-refractivity contribution is -0.617. The van der Waals surface area contributed by atoms with E-state index in [2.05, 4.69) is 34.2 Å². The molecule has 103 heavy (non-hydrogen) atoms. The zero-order valence-electron chi connectivity index (χ0n) is 58.8. The van der Waals surface area contributed by atoms with Crippen molar-refractivity contribution >= 4 is 67.5 Å². The maximum absolute atomic E-state index is 13.0. The molecule has 13 rings (SSSR count). The van der Waals surface area contributed by atoms with Crippen LogP contribution in [0.5, 0.6) is 17.2 Å². The molecule has 4 aliphatic carbocycles. The third-order valence-electron chi connectivity index (χ3n) is 19.9. The minimum atomic E-state index is -0.914. The summed E-state index contributed by atoms with van der Waals surface area (Å²) in [6.07, 6.45) is 15.9. The predicted octanol–water partition coefficient (Wildman–Crippen LogP) is 11.6. The molecule has 538 valence electrons. The van der Waals surface area contributed by atoms with Gasteiger partial charge in [0, 0.05) is 108 Å². The van der Waals surface area contributed by atoms with Gasteiger partial charge < -0.3 is 61.1 Å². The van der Waals surface area contributed by atoms with Gasteiger partial charge in [0.05, 0.1) is 126 Å². The number of aliphatic hydroxyl groups is 3. The summed E-state index contributed by atoms with van der Waals surface area (Å²) in [5, 5.41) is 121. The summed E-state index contributed by atoms with van der Waals surface area (Å²) < 4.78 is 25.0. The van der Waals surface area contributed by atoms with E-state index in [9.17, 15) is 45.3 Å². The Morgan fingerprint density at radius 2 is 0.845 bits per heavy atom. The molecule has 6 N–H and O–H groups in total. The summed E-state index contributed by atoms with van der Waals surface area (Å²) in [5.74, 6) is 0.128. The first-order valence-corrected chi connectivity index (χ1v) is 35.3. The fourth-order valence-electron chi connectivity index (χ4n) is 13.9. The number of rotatable bonds is 20. The lowest BCUT2D eigenvalue weighted by Gasteiger charge is -2.34. The molecule has 0 saturated heterocycles. The quantitative estimate of drug-likeness (QED) is 0.0305. The minimum Gasteiger partial charge on any atom is -0.618 e. The number of hydrogen-bond donors (Lipinski definition) is 6. The van der Waals surface area contributed by atoms with Gasteiger partial charge >= 0.3 is 17.7 Å². The van der Waals surface area contributed by atoms with Gasteiger partial charge in [-0.3, -0.25) is 28.4 Å². The lowest BCUT2D eigenvalue weighted by atomic mass is 9.80. The Hall–Kier alpha value is -10.9. The van der Waals surface area contributed by atoms with Gasteiger partial charge in [-0.15, -0.1) is 0 Å². The summed E-state index contributed by atoms with van der Waals surface area (Å²) in [4.78, 5) is 38.8. The van der Waals surface area contributed by atoms with Crippen molar-refractivity contribution in [1.82, 2.24) is 29.3 Å². The zero-order chi connectivity index (χ0) is 73.3. The molecular formula is C76H87N15O12. The number of benzene rings is 3. The van der Waals surface area contributed by atoms with Crippen LogP contribution < -0.4 is 44.4 Å². The van der Waals surface area contributed by atoms with Gasteiger partial charge in [-0.1, -0.05) is 13.8 Å². The van der Waals surface area contributed by atoms with E-state index in [0.717, 1.165) is 88.8 Å². The smallest absolute Gasteiger partial charge is 0.321 e. The van der Waals surface area contributed by atoms with E-state index in [1.807, 2.05) is 73.3 Å². The first-order valence-electron chi connectivity index (χ1n) is 35.3. The molecular weight excluding hydrogens is 1310 g/mol. The number of nitrogens with one attached hydrogen (secondary N) is 3. The number of carbonyl (C=O) groups excluding carboxylic acids is 3. The summed E-state index contributed by atoms with van der Waals surface area (Å²) in [5.41, 5.74) is 2.51. The largest absolute Gasteiger partial charge is 0.618 e. The van der Waals surface area contributed by atoms with E-state index in [1.54, 1.807) is 73.7 Å². The van der Waals surface area contributed by atoms with Crippen molar-refractivity contribution < 1.29 is 58.1 Å². The Bertz CT molecular complexity index is 4530. The van der Waals surface area contributed by atoms with Gasteiger partial charge in [0.2, 0.25) is 0 Å². The van der Waals surface area contributed by atoms with E-state index < -0.39 is 34.5 Å². The second-order valence-electron chi connectivity index (χ2n) is 27.6. The molecule has 6 heterocycles. The van der Waals surface area contributed by atoms with Crippen LogP contribution in [-0.4, -0.2) is 99.0 Å². The average molecular weight is 1400 g/mol.